The summed E-state index contributed by atoms with van der Waals surface area (Å²) < 4.78 is 7.14. The number of nitrogens with zero attached hydrogens (tertiary/aromatic N) is 7. The van der Waals surface area contributed by atoms with Crippen molar-refractivity contribution in [2.45, 2.75) is 20.4 Å². The van der Waals surface area contributed by atoms with Gasteiger partial charge < -0.3 is 9.73 Å². The Labute approximate surface area is 136 Å². The Balaban J connectivity index is 1.66. The van der Waals surface area contributed by atoms with Crippen molar-refractivity contribution in [2.24, 2.45) is 0 Å². The Morgan fingerprint density at radius 2 is 1.96 bits per heavy atom. The van der Waals surface area contributed by atoms with Gasteiger partial charge in [-0.2, -0.15) is 9.78 Å². The highest BCUT2D eigenvalue weighted by Gasteiger charge is 2.13. The Kier molecular flexibility index (Phi) is 3.38. The molecule has 0 atom stereocenters. The van der Waals surface area contributed by atoms with Gasteiger partial charge in [-0.15, -0.1) is 0 Å². The van der Waals surface area contributed by atoms with Crippen LogP contribution >= 0.6 is 0 Å². The number of oxazole rings is 1. The van der Waals surface area contributed by atoms with Crippen LogP contribution in [0.3, 0.4) is 0 Å². The number of hydrogen-bond donors (Lipinski definition) is 1. The van der Waals surface area contributed by atoms with E-state index < -0.39 is 0 Å². The molecule has 4 aromatic rings. The van der Waals surface area contributed by atoms with E-state index in [-0.39, 0.29) is 0 Å². The van der Waals surface area contributed by atoms with Crippen molar-refractivity contribution < 1.29 is 4.42 Å². The molecule has 0 fully saturated rings. The number of aromatic nitrogens is 7. The summed E-state index contributed by atoms with van der Waals surface area (Å²) in [5.74, 6) is 2.52. The lowest BCUT2D eigenvalue weighted by atomic mass is 10.4. The molecule has 0 aromatic carbocycles. The number of anilines is 1. The van der Waals surface area contributed by atoms with E-state index in [2.05, 4.69) is 35.3 Å². The lowest BCUT2D eigenvalue weighted by Crippen LogP contribution is -2.05. The van der Waals surface area contributed by atoms with Gasteiger partial charge in [-0.3, -0.25) is 0 Å². The lowest BCUT2D eigenvalue weighted by Gasteiger charge is -2.04. The fourth-order valence-electron chi connectivity index (χ4n) is 2.31. The first-order valence-electron chi connectivity index (χ1n) is 7.35. The van der Waals surface area contributed by atoms with Gasteiger partial charge in [0.05, 0.1) is 23.8 Å². The molecule has 0 aliphatic rings. The average Bonchev–Trinajstić information content (AvgIpc) is 3.18. The molecule has 0 saturated carbocycles. The minimum absolute atomic E-state index is 0.424. The van der Waals surface area contributed by atoms with E-state index in [9.17, 15) is 0 Å². The van der Waals surface area contributed by atoms with Crippen LogP contribution in [0.1, 0.15) is 17.3 Å². The molecule has 4 aromatic heterocycles. The summed E-state index contributed by atoms with van der Waals surface area (Å²) in [4.78, 5) is 21.3. The molecular weight excluding hydrogens is 308 g/mol. The first-order chi connectivity index (χ1) is 11.7. The summed E-state index contributed by atoms with van der Waals surface area (Å²) in [7, 11) is 0. The van der Waals surface area contributed by atoms with Crippen molar-refractivity contribution in [3.63, 3.8) is 0 Å². The predicted octanol–water partition coefficient (Wildman–Crippen LogP) is 1.82. The smallest absolute Gasteiger partial charge is 0.252 e. The monoisotopic (exact) mass is 322 g/mol. The molecule has 0 amide bonds. The molecule has 0 radical (unpaired) electrons. The molecule has 0 bridgehead atoms. The predicted molar refractivity (Wildman–Crippen MR) is 85.6 cm³/mol. The molecule has 0 saturated heterocycles. The Hall–Kier alpha value is -3.36. The Bertz CT molecular complexity index is 972. The third kappa shape index (κ3) is 2.45. The van der Waals surface area contributed by atoms with Crippen molar-refractivity contribution in [3.8, 4) is 5.95 Å². The molecule has 9 nitrogen and oxygen atoms in total. The quantitative estimate of drug-likeness (QED) is 0.606. The van der Waals surface area contributed by atoms with Crippen LogP contribution in [0.15, 0.2) is 35.4 Å². The second kappa shape index (κ2) is 5.69. The van der Waals surface area contributed by atoms with Crippen LogP contribution in [0.5, 0.6) is 0 Å². The third-order valence-electron chi connectivity index (χ3n) is 3.59. The van der Waals surface area contributed by atoms with E-state index in [0.29, 0.717) is 29.8 Å². The number of rotatable bonds is 4. The number of fused-ring (bicyclic) bond motifs is 1. The number of nitrogens with one attached hydrogen (secondary N) is 1. The maximum absolute atomic E-state index is 5.56. The van der Waals surface area contributed by atoms with Crippen LogP contribution in [-0.4, -0.2) is 34.7 Å². The van der Waals surface area contributed by atoms with Crippen LogP contribution in [0.25, 0.3) is 17.0 Å². The SMILES string of the molecule is Cc1nc(CNc2ncnc3c2cnn3-c2ncccn2)oc1C. The first kappa shape index (κ1) is 14.2. The topological polar surface area (TPSA) is 107 Å². The van der Waals surface area contributed by atoms with E-state index in [1.165, 1.54) is 6.33 Å². The zero-order valence-corrected chi connectivity index (χ0v) is 13.1. The summed E-state index contributed by atoms with van der Waals surface area (Å²) in [6.45, 7) is 4.22. The van der Waals surface area contributed by atoms with Crippen molar-refractivity contribution in [1.82, 2.24) is 34.7 Å². The minimum atomic E-state index is 0.424. The van der Waals surface area contributed by atoms with Crippen molar-refractivity contribution in [3.05, 3.63) is 48.3 Å². The summed E-state index contributed by atoms with van der Waals surface area (Å²) in [5.41, 5.74) is 1.51. The fourth-order valence-corrected chi connectivity index (χ4v) is 2.31. The van der Waals surface area contributed by atoms with E-state index in [0.717, 1.165) is 16.8 Å². The molecule has 0 unspecified atom stereocenters. The van der Waals surface area contributed by atoms with E-state index in [1.54, 1.807) is 29.3 Å². The molecule has 120 valence electrons. The van der Waals surface area contributed by atoms with Crippen LogP contribution in [0, 0.1) is 13.8 Å². The van der Waals surface area contributed by atoms with E-state index >= 15 is 0 Å². The van der Waals surface area contributed by atoms with Crippen LogP contribution in [0.2, 0.25) is 0 Å². The number of hydrogen-bond acceptors (Lipinski definition) is 8. The summed E-state index contributed by atoms with van der Waals surface area (Å²) in [5, 5.41) is 8.29. The lowest BCUT2D eigenvalue weighted by molar-refractivity contribution is 0.478. The highest BCUT2D eigenvalue weighted by atomic mass is 16.4. The second-order valence-corrected chi connectivity index (χ2v) is 5.17. The second-order valence-electron chi connectivity index (χ2n) is 5.17. The standard InChI is InChI=1S/C15H14N8O/c1-9-10(2)24-12(22-9)7-18-13-11-6-21-23(14(11)20-8-19-13)15-16-4-3-5-17-15/h3-6,8H,7H2,1-2H3,(H,18,19,20). The molecule has 24 heavy (non-hydrogen) atoms. The van der Waals surface area contributed by atoms with Crippen LogP contribution in [0.4, 0.5) is 5.82 Å². The van der Waals surface area contributed by atoms with Gasteiger partial charge in [-0.05, 0) is 19.9 Å². The summed E-state index contributed by atoms with van der Waals surface area (Å²) in [6.07, 6.45) is 6.46. The van der Waals surface area contributed by atoms with Crippen molar-refractivity contribution in [2.75, 3.05) is 5.32 Å². The summed E-state index contributed by atoms with van der Waals surface area (Å²) >= 11 is 0. The van der Waals surface area contributed by atoms with Gasteiger partial charge in [0.15, 0.2) is 5.65 Å². The maximum atomic E-state index is 5.56. The van der Waals surface area contributed by atoms with Crippen LogP contribution < -0.4 is 5.32 Å². The molecule has 4 rings (SSSR count). The van der Waals surface area contributed by atoms with Crippen molar-refractivity contribution in [1.29, 1.82) is 0 Å². The highest BCUT2D eigenvalue weighted by Crippen LogP contribution is 2.21. The molecular formula is C15H14N8O. The maximum Gasteiger partial charge on any atom is 0.252 e. The van der Waals surface area contributed by atoms with Gasteiger partial charge in [0.2, 0.25) is 5.89 Å². The third-order valence-corrected chi connectivity index (χ3v) is 3.59. The van der Waals surface area contributed by atoms with Crippen molar-refractivity contribution >= 4 is 16.9 Å². The van der Waals surface area contributed by atoms with Gasteiger partial charge in [-0.25, -0.2) is 24.9 Å². The van der Waals surface area contributed by atoms with Gasteiger partial charge >= 0.3 is 0 Å². The number of aryl methyl sites for hydroxylation is 2. The molecule has 0 aliphatic heterocycles. The zero-order chi connectivity index (χ0) is 16.5. The minimum Gasteiger partial charge on any atom is -0.444 e. The average molecular weight is 322 g/mol. The molecule has 4 heterocycles. The Morgan fingerprint density at radius 1 is 1.12 bits per heavy atom. The van der Waals surface area contributed by atoms with Gasteiger partial charge in [0.1, 0.15) is 17.9 Å². The van der Waals surface area contributed by atoms with E-state index in [1.807, 2.05) is 13.8 Å². The molecule has 0 aliphatic carbocycles. The fraction of sp³-hybridized carbons (Fsp3) is 0.200. The van der Waals surface area contributed by atoms with Gasteiger partial charge in [-0.1, -0.05) is 0 Å². The molecule has 0 spiro atoms. The highest BCUT2D eigenvalue weighted by molar-refractivity contribution is 5.86. The van der Waals surface area contributed by atoms with Gasteiger partial charge in [0.25, 0.3) is 5.95 Å². The van der Waals surface area contributed by atoms with Gasteiger partial charge in [0, 0.05) is 12.4 Å². The largest absolute Gasteiger partial charge is 0.444 e. The van der Waals surface area contributed by atoms with Crippen LogP contribution in [-0.2, 0) is 6.54 Å². The zero-order valence-electron chi connectivity index (χ0n) is 13.1. The molecule has 9 heteroatoms. The normalized spacial score (nSPS) is 11.1. The summed E-state index contributed by atoms with van der Waals surface area (Å²) in [6, 6.07) is 1.75. The van der Waals surface area contributed by atoms with E-state index in [4.69, 9.17) is 4.42 Å². The molecule has 1 N–H and O–H groups in total. The first-order valence-corrected chi connectivity index (χ1v) is 7.35. The Morgan fingerprint density at radius 3 is 2.71 bits per heavy atom.